The van der Waals surface area contributed by atoms with Crippen LogP contribution in [-0.4, -0.2) is 24.1 Å². The zero-order chi connectivity index (χ0) is 23.8. The molecule has 3 rings (SSSR count). The van der Waals surface area contributed by atoms with E-state index in [9.17, 15) is 14.9 Å². The zero-order valence-electron chi connectivity index (χ0n) is 17.5. The number of carbonyl (C=O) groups is 2. The highest BCUT2D eigenvalue weighted by Crippen LogP contribution is 2.30. The third kappa shape index (κ3) is 6.35. The van der Waals surface area contributed by atoms with Gasteiger partial charge in [-0.2, -0.15) is 5.26 Å². The molecule has 0 aromatic heterocycles. The quantitative estimate of drug-likeness (QED) is 0.353. The van der Waals surface area contributed by atoms with E-state index in [2.05, 4.69) is 5.32 Å². The van der Waals surface area contributed by atoms with Crippen molar-refractivity contribution in [3.8, 4) is 17.6 Å². The SMILES string of the molecule is COc1cc(/C=C(\C#N)C(=O)Nc2ccc(C(=O)O)cc2)ccc1OCc1ccc(Cl)cc1. The molecule has 0 radical (unpaired) electrons. The zero-order valence-corrected chi connectivity index (χ0v) is 18.3. The van der Waals surface area contributed by atoms with Crippen LogP contribution in [0.4, 0.5) is 5.69 Å². The summed E-state index contributed by atoms with van der Waals surface area (Å²) in [5, 5.41) is 21.6. The number of ether oxygens (including phenoxy) is 2. The number of carboxylic acid groups (broad SMARTS) is 1. The number of hydrogen-bond acceptors (Lipinski definition) is 5. The van der Waals surface area contributed by atoms with Crippen LogP contribution in [-0.2, 0) is 11.4 Å². The van der Waals surface area contributed by atoms with Gasteiger partial charge < -0.3 is 19.9 Å². The molecule has 0 aliphatic rings. The standard InChI is InChI=1S/C25H19ClN2O5/c1-32-23-13-17(4-11-22(23)33-15-16-2-7-20(26)8-3-16)12-19(14-27)24(29)28-21-9-5-18(6-10-21)25(30)31/h2-13H,15H2,1H3,(H,28,29)(H,30,31)/b19-12+. The van der Waals surface area contributed by atoms with Crippen molar-refractivity contribution in [3.05, 3.63) is 94.0 Å². The van der Waals surface area contributed by atoms with Gasteiger partial charge >= 0.3 is 5.97 Å². The van der Waals surface area contributed by atoms with Crippen molar-refractivity contribution in [2.24, 2.45) is 0 Å². The molecule has 0 aliphatic heterocycles. The van der Waals surface area contributed by atoms with Gasteiger partial charge in [0, 0.05) is 10.7 Å². The molecule has 0 bridgehead atoms. The van der Waals surface area contributed by atoms with Gasteiger partial charge in [0.1, 0.15) is 18.2 Å². The number of nitriles is 1. The molecule has 0 saturated heterocycles. The number of nitrogens with one attached hydrogen (secondary N) is 1. The highest BCUT2D eigenvalue weighted by molar-refractivity contribution is 6.30. The van der Waals surface area contributed by atoms with E-state index in [4.69, 9.17) is 26.2 Å². The van der Waals surface area contributed by atoms with Crippen LogP contribution in [0.15, 0.2) is 72.3 Å². The number of aromatic carboxylic acids is 1. The minimum atomic E-state index is -1.07. The Hall–Kier alpha value is -4.28. The summed E-state index contributed by atoms with van der Waals surface area (Å²) in [5.74, 6) is -0.742. The van der Waals surface area contributed by atoms with E-state index in [0.717, 1.165) is 5.56 Å². The summed E-state index contributed by atoms with van der Waals surface area (Å²) in [6, 6.07) is 19.8. The van der Waals surface area contributed by atoms with Crippen molar-refractivity contribution in [2.75, 3.05) is 12.4 Å². The molecule has 33 heavy (non-hydrogen) atoms. The average molecular weight is 463 g/mol. The first-order valence-corrected chi connectivity index (χ1v) is 10.1. The Labute approximate surface area is 195 Å². The van der Waals surface area contributed by atoms with Gasteiger partial charge in [-0.05, 0) is 65.7 Å². The molecule has 3 aromatic rings. The fraction of sp³-hybridized carbons (Fsp3) is 0.0800. The highest BCUT2D eigenvalue weighted by atomic mass is 35.5. The Kier molecular flexibility index (Phi) is 7.68. The Balaban J connectivity index is 1.72. The maximum Gasteiger partial charge on any atom is 0.335 e. The van der Waals surface area contributed by atoms with Crippen LogP contribution >= 0.6 is 11.6 Å². The smallest absolute Gasteiger partial charge is 0.335 e. The van der Waals surface area contributed by atoms with Crippen molar-refractivity contribution in [1.82, 2.24) is 0 Å². The fourth-order valence-corrected chi connectivity index (χ4v) is 2.97. The third-order valence-corrected chi connectivity index (χ3v) is 4.81. The maximum absolute atomic E-state index is 12.5. The van der Waals surface area contributed by atoms with Crippen molar-refractivity contribution in [1.29, 1.82) is 5.26 Å². The van der Waals surface area contributed by atoms with Crippen molar-refractivity contribution >= 4 is 35.2 Å². The molecule has 166 valence electrons. The minimum absolute atomic E-state index is 0.0921. The molecule has 0 atom stereocenters. The third-order valence-electron chi connectivity index (χ3n) is 4.56. The van der Waals surface area contributed by atoms with Crippen molar-refractivity contribution in [2.45, 2.75) is 6.61 Å². The number of carbonyl (C=O) groups excluding carboxylic acids is 1. The van der Waals surface area contributed by atoms with E-state index in [-0.39, 0.29) is 11.1 Å². The largest absolute Gasteiger partial charge is 0.493 e. The number of methoxy groups -OCH3 is 1. The Bertz CT molecular complexity index is 1230. The summed E-state index contributed by atoms with van der Waals surface area (Å²) in [6.07, 6.45) is 1.42. The second-order valence-corrected chi connectivity index (χ2v) is 7.27. The monoisotopic (exact) mass is 462 g/mol. The van der Waals surface area contributed by atoms with Gasteiger partial charge in [-0.25, -0.2) is 4.79 Å². The number of benzene rings is 3. The van der Waals surface area contributed by atoms with E-state index in [1.807, 2.05) is 18.2 Å². The molecule has 0 fully saturated rings. The van der Waals surface area contributed by atoms with Crippen molar-refractivity contribution < 1.29 is 24.2 Å². The number of hydrogen-bond donors (Lipinski definition) is 2. The number of nitrogens with zero attached hydrogens (tertiary/aromatic N) is 1. The second kappa shape index (κ2) is 10.8. The number of anilines is 1. The van der Waals surface area contributed by atoms with Crippen LogP contribution in [0.2, 0.25) is 5.02 Å². The predicted octanol–water partition coefficient (Wildman–Crippen LogP) is 5.17. The fourth-order valence-electron chi connectivity index (χ4n) is 2.84. The topological polar surface area (TPSA) is 109 Å². The van der Waals surface area contributed by atoms with E-state index in [1.54, 1.807) is 30.3 Å². The molecule has 0 unspecified atom stereocenters. The minimum Gasteiger partial charge on any atom is -0.493 e. The normalized spacial score (nSPS) is 10.8. The van der Waals surface area contributed by atoms with Gasteiger partial charge in [0.25, 0.3) is 5.91 Å². The van der Waals surface area contributed by atoms with Crippen LogP contribution in [0.5, 0.6) is 11.5 Å². The van der Waals surface area contributed by atoms with E-state index in [1.165, 1.54) is 37.5 Å². The average Bonchev–Trinajstić information content (AvgIpc) is 2.82. The van der Waals surface area contributed by atoms with E-state index < -0.39 is 11.9 Å². The summed E-state index contributed by atoms with van der Waals surface area (Å²) in [7, 11) is 1.50. The Morgan fingerprint density at radius 1 is 1.06 bits per heavy atom. The lowest BCUT2D eigenvalue weighted by molar-refractivity contribution is -0.112. The molecule has 7 nitrogen and oxygen atoms in total. The van der Waals surface area contributed by atoms with Gasteiger partial charge in [-0.1, -0.05) is 29.8 Å². The second-order valence-electron chi connectivity index (χ2n) is 6.83. The molecule has 0 saturated carbocycles. The predicted molar refractivity (Wildman–Crippen MR) is 124 cm³/mol. The molecule has 1 amide bonds. The highest BCUT2D eigenvalue weighted by Gasteiger charge is 2.12. The summed E-state index contributed by atoms with van der Waals surface area (Å²) < 4.78 is 11.2. The lowest BCUT2D eigenvalue weighted by atomic mass is 10.1. The summed E-state index contributed by atoms with van der Waals surface area (Å²) in [5.41, 5.74) is 1.84. The first-order valence-electron chi connectivity index (χ1n) is 9.71. The lowest BCUT2D eigenvalue weighted by Crippen LogP contribution is -2.13. The lowest BCUT2D eigenvalue weighted by Gasteiger charge is -2.12. The molecule has 8 heteroatoms. The first kappa shape index (κ1) is 23.4. The Morgan fingerprint density at radius 3 is 2.36 bits per heavy atom. The molecule has 0 heterocycles. The van der Waals surface area contributed by atoms with Gasteiger partial charge in [-0.15, -0.1) is 0 Å². The van der Waals surface area contributed by atoms with E-state index >= 15 is 0 Å². The number of amides is 1. The molecule has 2 N–H and O–H groups in total. The number of halogens is 1. The van der Waals surface area contributed by atoms with Gasteiger partial charge in [0.15, 0.2) is 11.5 Å². The maximum atomic E-state index is 12.5. The van der Waals surface area contributed by atoms with Crippen LogP contribution < -0.4 is 14.8 Å². The van der Waals surface area contributed by atoms with Crippen molar-refractivity contribution in [3.63, 3.8) is 0 Å². The van der Waals surface area contributed by atoms with E-state index in [0.29, 0.717) is 34.4 Å². The number of carboxylic acids is 1. The van der Waals surface area contributed by atoms with Crippen LogP contribution in [0.25, 0.3) is 6.08 Å². The van der Waals surface area contributed by atoms with Crippen LogP contribution in [0.3, 0.4) is 0 Å². The number of rotatable bonds is 8. The summed E-state index contributed by atoms with van der Waals surface area (Å²) >= 11 is 5.89. The summed E-state index contributed by atoms with van der Waals surface area (Å²) in [6.45, 7) is 0.315. The molecule has 0 aliphatic carbocycles. The Morgan fingerprint density at radius 2 is 1.76 bits per heavy atom. The molecule has 0 spiro atoms. The van der Waals surface area contributed by atoms with Crippen LogP contribution in [0, 0.1) is 11.3 Å². The first-order chi connectivity index (χ1) is 15.9. The van der Waals surface area contributed by atoms with Gasteiger partial charge in [0.05, 0.1) is 12.7 Å². The van der Waals surface area contributed by atoms with Gasteiger partial charge in [0.2, 0.25) is 0 Å². The summed E-state index contributed by atoms with van der Waals surface area (Å²) in [4.78, 5) is 23.4. The molecular formula is C25H19ClN2O5. The van der Waals surface area contributed by atoms with Gasteiger partial charge in [-0.3, -0.25) is 4.79 Å². The molecular weight excluding hydrogens is 444 g/mol. The van der Waals surface area contributed by atoms with Crippen LogP contribution in [0.1, 0.15) is 21.5 Å². The molecule has 3 aromatic carbocycles.